The van der Waals surface area contributed by atoms with Crippen LogP contribution in [0.2, 0.25) is 0 Å². The summed E-state index contributed by atoms with van der Waals surface area (Å²) < 4.78 is 1.38. The molecule has 0 aromatic carbocycles. The number of unbranched alkanes of at least 4 members (excludes halogenated alkanes) is 2. The van der Waals surface area contributed by atoms with Gasteiger partial charge in [0.15, 0.2) is 5.69 Å². The molecule has 1 aromatic heterocycles. The first-order valence-electron chi connectivity index (χ1n) is 11.7. The smallest absolute Gasteiger partial charge is 0.330 e. The van der Waals surface area contributed by atoms with Gasteiger partial charge in [0.25, 0.3) is 5.56 Å². The van der Waals surface area contributed by atoms with Crippen LogP contribution in [0.3, 0.4) is 0 Å². The molecule has 7 nitrogen and oxygen atoms in total. The molecule has 30 heavy (non-hydrogen) atoms. The number of nitrogens with one attached hydrogen (secondary N) is 1. The van der Waals surface area contributed by atoms with Crippen molar-refractivity contribution in [1.82, 2.24) is 9.55 Å². The van der Waals surface area contributed by atoms with Crippen molar-refractivity contribution in [2.45, 2.75) is 92.0 Å². The van der Waals surface area contributed by atoms with Gasteiger partial charge in [0, 0.05) is 19.0 Å². The van der Waals surface area contributed by atoms with Crippen LogP contribution in [0.4, 0.5) is 11.5 Å². The predicted molar refractivity (Wildman–Crippen MR) is 123 cm³/mol. The molecule has 3 N–H and O–H groups in total. The molecule has 1 fully saturated rings. The molecule has 1 saturated carbocycles. The number of carbonyl (C=O) groups is 1. The van der Waals surface area contributed by atoms with E-state index in [9.17, 15) is 14.4 Å². The largest absolute Gasteiger partial charge is 0.383 e. The van der Waals surface area contributed by atoms with Crippen molar-refractivity contribution >= 4 is 17.4 Å². The summed E-state index contributed by atoms with van der Waals surface area (Å²) in [6.45, 7) is 9.06. The Labute approximate surface area is 180 Å². The summed E-state index contributed by atoms with van der Waals surface area (Å²) in [6.07, 6.45) is 9.22. The molecule has 1 aliphatic rings. The number of H-pyrrole nitrogens is 1. The third-order valence-corrected chi connectivity index (χ3v) is 6.19. The molecular formula is C23H40N4O3. The van der Waals surface area contributed by atoms with Crippen LogP contribution >= 0.6 is 0 Å². The molecule has 2 rings (SSSR count). The average molecular weight is 421 g/mol. The average Bonchev–Trinajstić information content (AvgIpc) is 2.71. The fourth-order valence-corrected chi connectivity index (χ4v) is 4.44. The van der Waals surface area contributed by atoms with E-state index < -0.39 is 11.2 Å². The Hall–Kier alpha value is -2.05. The topological polar surface area (TPSA) is 101 Å². The molecule has 0 aliphatic heterocycles. The second kappa shape index (κ2) is 11.4. The van der Waals surface area contributed by atoms with E-state index in [2.05, 4.69) is 18.8 Å². The van der Waals surface area contributed by atoms with E-state index >= 15 is 0 Å². The Morgan fingerprint density at radius 1 is 1.13 bits per heavy atom. The van der Waals surface area contributed by atoms with Crippen LogP contribution in [-0.4, -0.2) is 22.0 Å². The van der Waals surface area contributed by atoms with Crippen molar-refractivity contribution in [3.63, 3.8) is 0 Å². The van der Waals surface area contributed by atoms with Crippen LogP contribution in [0.5, 0.6) is 0 Å². The molecule has 0 radical (unpaired) electrons. The van der Waals surface area contributed by atoms with Gasteiger partial charge in [0.1, 0.15) is 5.82 Å². The number of nitrogens with zero attached hydrogens (tertiary/aromatic N) is 2. The molecule has 1 aliphatic carbocycles. The number of hydrogen-bond acceptors (Lipinski definition) is 4. The van der Waals surface area contributed by atoms with Crippen LogP contribution in [0.1, 0.15) is 85.5 Å². The van der Waals surface area contributed by atoms with Gasteiger partial charge in [-0.15, -0.1) is 0 Å². The molecule has 1 amide bonds. The van der Waals surface area contributed by atoms with Gasteiger partial charge in [0.05, 0.1) is 0 Å². The number of rotatable bonds is 10. The molecule has 0 atom stereocenters. The Balaban J connectivity index is 2.31. The molecule has 0 bridgehead atoms. The van der Waals surface area contributed by atoms with E-state index in [1.807, 2.05) is 13.8 Å². The highest BCUT2D eigenvalue weighted by Crippen LogP contribution is 2.34. The van der Waals surface area contributed by atoms with E-state index in [1.54, 1.807) is 4.90 Å². The van der Waals surface area contributed by atoms with Crippen molar-refractivity contribution in [2.24, 2.45) is 17.8 Å². The molecule has 7 heteroatoms. The zero-order chi connectivity index (χ0) is 22.3. The zero-order valence-corrected chi connectivity index (χ0v) is 19.2. The van der Waals surface area contributed by atoms with Gasteiger partial charge in [-0.3, -0.25) is 19.1 Å². The molecule has 170 valence electrons. The Morgan fingerprint density at radius 2 is 1.77 bits per heavy atom. The standard InChI is InChI=1S/C23H40N4O3/c1-5-7-9-17-10-12-18(13-11-17)22(29)26(14-8-6-2)19-20(24)27(15-16(3)4)23(30)25-21(19)28/h16-18H,5-15,24H2,1-4H3,(H,25,28,30). The molecule has 1 heterocycles. The van der Waals surface area contributed by atoms with E-state index in [0.29, 0.717) is 19.0 Å². The fourth-order valence-electron chi connectivity index (χ4n) is 4.44. The molecule has 0 unspecified atom stereocenters. The number of anilines is 2. The molecule has 0 saturated heterocycles. The highest BCUT2D eigenvalue weighted by atomic mass is 16.2. The number of aromatic nitrogens is 2. The van der Waals surface area contributed by atoms with Crippen LogP contribution < -0.4 is 21.9 Å². The second-order valence-electron chi connectivity index (χ2n) is 9.20. The number of nitrogens with two attached hydrogens (primary N) is 1. The Kier molecular flexibility index (Phi) is 9.18. The van der Waals surface area contributed by atoms with Crippen molar-refractivity contribution < 1.29 is 4.79 Å². The fraction of sp³-hybridized carbons (Fsp3) is 0.783. The number of amides is 1. The van der Waals surface area contributed by atoms with Gasteiger partial charge in [-0.2, -0.15) is 0 Å². The molecule has 1 aromatic rings. The minimum absolute atomic E-state index is 0.0238. The number of hydrogen-bond donors (Lipinski definition) is 2. The maximum Gasteiger partial charge on any atom is 0.330 e. The quantitative estimate of drug-likeness (QED) is 0.599. The lowest BCUT2D eigenvalue weighted by atomic mass is 9.79. The van der Waals surface area contributed by atoms with Gasteiger partial charge in [0.2, 0.25) is 5.91 Å². The lowest BCUT2D eigenvalue weighted by Crippen LogP contribution is -2.44. The van der Waals surface area contributed by atoms with Crippen LogP contribution in [0.15, 0.2) is 9.59 Å². The van der Waals surface area contributed by atoms with Crippen molar-refractivity contribution in [1.29, 1.82) is 0 Å². The summed E-state index contributed by atoms with van der Waals surface area (Å²) in [7, 11) is 0. The summed E-state index contributed by atoms with van der Waals surface area (Å²) in [5.41, 5.74) is 5.35. The Bertz CT molecular complexity index is 804. The highest BCUT2D eigenvalue weighted by Gasteiger charge is 2.32. The van der Waals surface area contributed by atoms with E-state index in [4.69, 9.17) is 5.73 Å². The second-order valence-corrected chi connectivity index (χ2v) is 9.20. The van der Waals surface area contributed by atoms with Gasteiger partial charge in [-0.1, -0.05) is 53.4 Å². The van der Waals surface area contributed by atoms with Crippen LogP contribution in [0, 0.1) is 17.8 Å². The maximum absolute atomic E-state index is 13.5. The van der Waals surface area contributed by atoms with E-state index in [1.165, 1.54) is 23.8 Å². The monoisotopic (exact) mass is 420 g/mol. The lowest BCUT2D eigenvalue weighted by molar-refractivity contribution is -0.123. The summed E-state index contributed by atoms with van der Waals surface area (Å²) in [4.78, 5) is 42.4. The number of nitrogen functional groups attached to an aromatic ring is 1. The highest BCUT2D eigenvalue weighted by molar-refractivity contribution is 5.97. The Morgan fingerprint density at radius 3 is 2.33 bits per heavy atom. The summed E-state index contributed by atoms with van der Waals surface area (Å²) >= 11 is 0. The molecule has 0 spiro atoms. The normalized spacial score (nSPS) is 19.2. The lowest BCUT2D eigenvalue weighted by Gasteiger charge is -2.32. The van der Waals surface area contributed by atoms with Gasteiger partial charge in [-0.05, 0) is 43.9 Å². The van der Waals surface area contributed by atoms with Crippen LogP contribution in [0.25, 0.3) is 0 Å². The van der Waals surface area contributed by atoms with Gasteiger partial charge >= 0.3 is 5.69 Å². The first-order valence-corrected chi connectivity index (χ1v) is 11.7. The minimum Gasteiger partial charge on any atom is -0.383 e. The predicted octanol–water partition coefficient (Wildman–Crippen LogP) is 3.90. The van der Waals surface area contributed by atoms with Crippen LogP contribution in [-0.2, 0) is 11.3 Å². The first-order chi connectivity index (χ1) is 14.3. The maximum atomic E-state index is 13.5. The SMILES string of the molecule is CCCCC1CCC(C(=O)N(CCCC)c2c(N)n(CC(C)C)c(=O)[nH]c2=O)CC1. The summed E-state index contributed by atoms with van der Waals surface area (Å²) in [5, 5.41) is 0. The number of carbonyl (C=O) groups excluding carboxylic acids is 1. The minimum atomic E-state index is -0.571. The summed E-state index contributed by atoms with van der Waals surface area (Å²) in [5.74, 6) is 0.883. The van der Waals surface area contributed by atoms with E-state index in [-0.39, 0.29) is 29.2 Å². The van der Waals surface area contributed by atoms with Crippen molar-refractivity contribution in [2.75, 3.05) is 17.2 Å². The molecular weight excluding hydrogens is 380 g/mol. The zero-order valence-electron chi connectivity index (χ0n) is 19.2. The number of aromatic amines is 1. The summed E-state index contributed by atoms with van der Waals surface area (Å²) in [6, 6.07) is 0. The third-order valence-electron chi connectivity index (χ3n) is 6.19. The third kappa shape index (κ3) is 5.99. The first kappa shape index (κ1) is 24.2. The van der Waals surface area contributed by atoms with Crippen molar-refractivity contribution in [3.8, 4) is 0 Å². The van der Waals surface area contributed by atoms with Crippen molar-refractivity contribution in [3.05, 3.63) is 20.8 Å². The van der Waals surface area contributed by atoms with Gasteiger partial charge in [-0.25, -0.2) is 4.79 Å². The van der Waals surface area contributed by atoms with Gasteiger partial charge < -0.3 is 10.6 Å². The van der Waals surface area contributed by atoms with E-state index in [0.717, 1.165) is 38.5 Å².